The SMILES string of the molecule is CCOc1ccc(-c2cc(NCCc3cccc4c(C(=O)NC)ccnc34)ncn2)cn1. The monoisotopic (exact) mass is 428 g/mol. The van der Waals surface area contributed by atoms with Crippen molar-refractivity contribution in [1.82, 2.24) is 25.3 Å². The number of benzene rings is 1. The van der Waals surface area contributed by atoms with E-state index in [0.717, 1.165) is 40.0 Å². The first-order valence-corrected chi connectivity index (χ1v) is 10.4. The topological polar surface area (TPSA) is 102 Å². The van der Waals surface area contributed by atoms with Gasteiger partial charge in [-0.15, -0.1) is 0 Å². The minimum atomic E-state index is -0.120. The maximum atomic E-state index is 12.2. The van der Waals surface area contributed by atoms with E-state index < -0.39 is 0 Å². The lowest BCUT2D eigenvalue weighted by atomic mass is 10.0. The van der Waals surface area contributed by atoms with E-state index in [-0.39, 0.29) is 5.91 Å². The number of aromatic nitrogens is 4. The molecule has 2 N–H and O–H groups in total. The number of rotatable bonds is 8. The Morgan fingerprint density at radius 2 is 1.97 bits per heavy atom. The van der Waals surface area contributed by atoms with Gasteiger partial charge in [0.05, 0.1) is 23.4 Å². The average molecular weight is 428 g/mol. The first kappa shape index (κ1) is 21.2. The molecule has 0 radical (unpaired) electrons. The van der Waals surface area contributed by atoms with Crippen LogP contribution in [0.4, 0.5) is 5.82 Å². The molecule has 0 saturated carbocycles. The van der Waals surface area contributed by atoms with E-state index in [0.29, 0.717) is 24.6 Å². The minimum Gasteiger partial charge on any atom is -0.478 e. The molecule has 0 bridgehead atoms. The van der Waals surface area contributed by atoms with E-state index in [2.05, 4.69) is 30.6 Å². The normalized spacial score (nSPS) is 10.7. The Kier molecular flexibility index (Phi) is 6.50. The van der Waals surface area contributed by atoms with Crippen molar-refractivity contribution < 1.29 is 9.53 Å². The van der Waals surface area contributed by atoms with Crippen molar-refractivity contribution in [2.45, 2.75) is 13.3 Å². The van der Waals surface area contributed by atoms with Crippen LogP contribution in [-0.2, 0) is 6.42 Å². The summed E-state index contributed by atoms with van der Waals surface area (Å²) in [6.07, 6.45) is 5.67. The van der Waals surface area contributed by atoms with E-state index >= 15 is 0 Å². The maximum absolute atomic E-state index is 12.2. The van der Waals surface area contributed by atoms with Crippen molar-refractivity contribution in [3.05, 3.63) is 72.3 Å². The summed E-state index contributed by atoms with van der Waals surface area (Å²) < 4.78 is 5.39. The number of pyridine rings is 2. The summed E-state index contributed by atoms with van der Waals surface area (Å²) in [7, 11) is 1.63. The van der Waals surface area contributed by atoms with E-state index in [9.17, 15) is 4.79 Å². The van der Waals surface area contributed by atoms with E-state index in [1.807, 2.05) is 43.3 Å². The average Bonchev–Trinajstić information content (AvgIpc) is 2.84. The van der Waals surface area contributed by atoms with Crippen LogP contribution in [0.5, 0.6) is 5.88 Å². The summed E-state index contributed by atoms with van der Waals surface area (Å²) in [5, 5.41) is 6.87. The number of hydrogen-bond acceptors (Lipinski definition) is 7. The van der Waals surface area contributed by atoms with Crippen LogP contribution < -0.4 is 15.4 Å². The molecule has 3 heterocycles. The van der Waals surface area contributed by atoms with Gasteiger partial charge in [-0.3, -0.25) is 9.78 Å². The van der Waals surface area contributed by atoms with Crippen molar-refractivity contribution in [3.8, 4) is 17.1 Å². The fraction of sp³-hybridized carbons (Fsp3) is 0.208. The zero-order chi connectivity index (χ0) is 22.3. The highest BCUT2D eigenvalue weighted by Gasteiger charge is 2.11. The number of hydrogen-bond donors (Lipinski definition) is 2. The zero-order valence-electron chi connectivity index (χ0n) is 18.0. The second kappa shape index (κ2) is 9.82. The molecule has 8 heteroatoms. The largest absolute Gasteiger partial charge is 0.478 e. The van der Waals surface area contributed by atoms with Crippen molar-refractivity contribution in [3.63, 3.8) is 0 Å². The lowest BCUT2D eigenvalue weighted by molar-refractivity contribution is 0.0964. The highest BCUT2D eigenvalue weighted by atomic mass is 16.5. The van der Waals surface area contributed by atoms with Gasteiger partial charge in [0.25, 0.3) is 5.91 Å². The molecule has 0 atom stereocenters. The first-order valence-electron chi connectivity index (χ1n) is 10.4. The van der Waals surface area contributed by atoms with Crippen LogP contribution in [0.3, 0.4) is 0 Å². The van der Waals surface area contributed by atoms with Crippen LogP contribution in [0, 0.1) is 0 Å². The molecule has 3 aromatic heterocycles. The number of anilines is 1. The molecule has 0 aliphatic rings. The molecular weight excluding hydrogens is 404 g/mol. The molecule has 4 aromatic rings. The van der Waals surface area contributed by atoms with Crippen molar-refractivity contribution in [2.24, 2.45) is 0 Å². The molecule has 4 rings (SSSR count). The second-order valence-electron chi connectivity index (χ2n) is 7.03. The van der Waals surface area contributed by atoms with Crippen LogP contribution in [0.1, 0.15) is 22.8 Å². The van der Waals surface area contributed by atoms with Crippen LogP contribution in [0.2, 0.25) is 0 Å². The molecule has 1 amide bonds. The molecule has 162 valence electrons. The van der Waals surface area contributed by atoms with Gasteiger partial charge in [0.1, 0.15) is 12.1 Å². The number of ether oxygens (including phenoxy) is 1. The van der Waals surface area contributed by atoms with Gasteiger partial charge in [-0.05, 0) is 31.0 Å². The predicted molar refractivity (Wildman–Crippen MR) is 124 cm³/mol. The Balaban J connectivity index is 1.47. The summed E-state index contributed by atoms with van der Waals surface area (Å²) >= 11 is 0. The molecule has 1 aromatic carbocycles. The molecule has 0 unspecified atom stereocenters. The number of carbonyl (C=O) groups is 1. The molecule has 8 nitrogen and oxygen atoms in total. The molecular formula is C24H24N6O2. The van der Waals surface area contributed by atoms with E-state index in [4.69, 9.17) is 4.74 Å². The van der Waals surface area contributed by atoms with Crippen LogP contribution in [0.15, 0.2) is 61.2 Å². The smallest absolute Gasteiger partial charge is 0.251 e. The number of amides is 1. The highest BCUT2D eigenvalue weighted by molar-refractivity contribution is 6.06. The minimum absolute atomic E-state index is 0.120. The molecule has 0 spiro atoms. The summed E-state index contributed by atoms with van der Waals surface area (Å²) in [6.45, 7) is 3.16. The lowest BCUT2D eigenvalue weighted by Gasteiger charge is -2.10. The third-order valence-corrected chi connectivity index (χ3v) is 5.02. The molecule has 0 fully saturated rings. The van der Waals surface area contributed by atoms with Gasteiger partial charge in [-0.1, -0.05) is 18.2 Å². The summed E-state index contributed by atoms with van der Waals surface area (Å²) in [4.78, 5) is 29.6. The zero-order valence-corrected chi connectivity index (χ0v) is 18.0. The van der Waals surface area contributed by atoms with Gasteiger partial charge >= 0.3 is 0 Å². The Bertz CT molecular complexity index is 1230. The Labute approximate surface area is 186 Å². The fourth-order valence-electron chi connectivity index (χ4n) is 3.47. The third-order valence-electron chi connectivity index (χ3n) is 5.02. The van der Waals surface area contributed by atoms with Gasteiger partial charge in [0.2, 0.25) is 5.88 Å². The van der Waals surface area contributed by atoms with Gasteiger partial charge < -0.3 is 15.4 Å². The number of para-hydroxylation sites is 1. The van der Waals surface area contributed by atoms with Gasteiger partial charge in [0, 0.05) is 49.1 Å². The highest BCUT2D eigenvalue weighted by Crippen LogP contribution is 2.22. The van der Waals surface area contributed by atoms with Crippen molar-refractivity contribution in [2.75, 3.05) is 25.5 Å². The summed E-state index contributed by atoms with van der Waals surface area (Å²) in [5.41, 5.74) is 4.18. The second-order valence-corrected chi connectivity index (χ2v) is 7.03. The van der Waals surface area contributed by atoms with Gasteiger partial charge in [-0.2, -0.15) is 0 Å². The standard InChI is InChI=1S/C24H24N6O2/c1-3-32-22-8-7-17(14-28-22)20-13-21(30-15-29-20)26-11-9-16-5-4-6-18-19(24(31)25-2)10-12-27-23(16)18/h4-8,10,12-15H,3,9,11H2,1-2H3,(H,25,31)(H,26,29,30). The molecule has 0 aliphatic carbocycles. The van der Waals surface area contributed by atoms with Crippen molar-refractivity contribution in [1.29, 1.82) is 0 Å². The van der Waals surface area contributed by atoms with E-state index in [1.54, 1.807) is 25.5 Å². The first-order chi connectivity index (χ1) is 15.7. The van der Waals surface area contributed by atoms with Crippen LogP contribution >= 0.6 is 0 Å². The summed E-state index contributed by atoms with van der Waals surface area (Å²) in [5.74, 6) is 1.19. The third kappa shape index (κ3) is 4.64. The van der Waals surface area contributed by atoms with Crippen LogP contribution in [-0.4, -0.2) is 46.0 Å². The number of carbonyl (C=O) groups excluding carboxylic acids is 1. The van der Waals surface area contributed by atoms with Gasteiger partial charge in [0.15, 0.2) is 0 Å². The molecule has 32 heavy (non-hydrogen) atoms. The number of nitrogens with one attached hydrogen (secondary N) is 2. The predicted octanol–water partition coefficient (Wildman–Crippen LogP) is 3.50. The van der Waals surface area contributed by atoms with Crippen molar-refractivity contribution >= 4 is 22.6 Å². The van der Waals surface area contributed by atoms with Gasteiger partial charge in [-0.25, -0.2) is 15.0 Å². The number of nitrogens with zero attached hydrogens (tertiary/aromatic N) is 4. The fourth-order valence-corrected chi connectivity index (χ4v) is 3.47. The Hall–Kier alpha value is -4.07. The molecule has 0 saturated heterocycles. The molecule has 0 aliphatic heterocycles. The van der Waals surface area contributed by atoms with E-state index in [1.165, 1.54) is 6.33 Å². The maximum Gasteiger partial charge on any atom is 0.251 e. The van der Waals surface area contributed by atoms with Crippen LogP contribution in [0.25, 0.3) is 22.2 Å². The Morgan fingerprint density at radius 1 is 1.06 bits per heavy atom. The summed E-state index contributed by atoms with van der Waals surface area (Å²) in [6, 6.07) is 13.3. The lowest BCUT2D eigenvalue weighted by Crippen LogP contribution is -2.18. The number of fused-ring (bicyclic) bond motifs is 1. The quantitative estimate of drug-likeness (QED) is 0.443. The Morgan fingerprint density at radius 3 is 2.75 bits per heavy atom.